The third-order valence-electron chi connectivity index (χ3n) is 4.16. The Morgan fingerprint density at radius 2 is 1.82 bits per heavy atom. The van der Waals surface area contributed by atoms with E-state index in [0.29, 0.717) is 0 Å². The predicted octanol–water partition coefficient (Wildman–Crippen LogP) is 0.841. The average Bonchev–Trinajstić information content (AvgIpc) is 3.04. The molecule has 0 saturated carbocycles. The van der Waals surface area contributed by atoms with E-state index in [1.807, 2.05) is 0 Å². The first-order valence-corrected chi connectivity index (χ1v) is 7.61. The molecular weight excluding hydrogens is 280 g/mol. The largest absolute Gasteiger partial charge is 0.378 e. The second-order valence-corrected chi connectivity index (χ2v) is 5.58. The van der Waals surface area contributed by atoms with E-state index >= 15 is 0 Å². The predicted molar refractivity (Wildman–Crippen MR) is 82.5 cm³/mol. The molecule has 4 rings (SSSR count). The molecule has 2 aliphatic rings. The van der Waals surface area contributed by atoms with Crippen molar-refractivity contribution < 1.29 is 4.74 Å². The molecule has 0 aromatic carbocycles. The molecule has 114 valence electrons. The maximum absolute atomic E-state index is 5.59. The van der Waals surface area contributed by atoms with E-state index < -0.39 is 0 Å². The van der Waals surface area contributed by atoms with Gasteiger partial charge in [0, 0.05) is 42.3 Å². The Morgan fingerprint density at radius 1 is 1.05 bits per heavy atom. The van der Waals surface area contributed by atoms with Crippen molar-refractivity contribution in [2.45, 2.75) is 19.3 Å². The Hall–Kier alpha value is -2.28. The second kappa shape index (κ2) is 5.49. The van der Waals surface area contributed by atoms with Gasteiger partial charge in [0.1, 0.15) is 0 Å². The van der Waals surface area contributed by atoms with Gasteiger partial charge in [-0.15, -0.1) is 0 Å². The number of fused-ring (bicyclic) bond motifs is 1. The molecule has 0 spiro atoms. The van der Waals surface area contributed by atoms with E-state index in [-0.39, 0.29) is 5.95 Å². The average molecular weight is 298 g/mol. The molecule has 1 aliphatic heterocycles. The number of nitrogens with zero attached hydrogens (tertiary/aromatic N) is 5. The summed E-state index contributed by atoms with van der Waals surface area (Å²) in [6, 6.07) is 0. The Morgan fingerprint density at radius 3 is 2.59 bits per heavy atom. The fourth-order valence-corrected chi connectivity index (χ4v) is 3.02. The third-order valence-corrected chi connectivity index (χ3v) is 4.16. The minimum Gasteiger partial charge on any atom is -0.378 e. The topological polar surface area (TPSA) is 90.0 Å². The number of ether oxygens (including phenoxy) is 1. The Balaban J connectivity index is 1.79. The first kappa shape index (κ1) is 13.4. The highest BCUT2D eigenvalue weighted by Crippen LogP contribution is 2.31. The minimum atomic E-state index is 0.280. The van der Waals surface area contributed by atoms with Crippen LogP contribution < -0.4 is 10.6 Å². The van der Waals surface area contributed by atoms with Crippen molar-refractivity contribution in [3.63, 3.8) is 0 Å². The summed E-state index contributed by atoms with van der Waals surface area (Å²) >= 11 is 0. The van der Waals surface area contributed by atoms with Crippen LogP contribution in [0.1, 0.15) is 17.7 Å². The van der Waals surface area contributed by atoms with Gasteiger partial charge in [-0.3, -0.25) is 0 Å². The van der Waals surface area contributed by atoms with E-state index in [1.165, 1.54) is 5.56 Å². The molecule has 1 saturated heterocycles. The van der Waals surface area contributed by atoms with Crippen LogP contribution in [0.2, 0.25) is 0 Å². The van der Waals surface area contributed by atoms with Crippen LogP contribution >= 0.6 is 0 Å². The normalized spacial score (nSPS) is 17.5. The maximum atomic E-state index is 5.59. The summed E-state index contributed by atoms with van der Waals surface area (Å²) in [5.41, 5.74) is 9.83. The van der Waals surface area contributed by atoms with Gasteiger partial charge < -0.3 is 15.4 Å². The number of morpholine rings is 1. The van der Waals surface area contributed by atoms with Crippen LogP contribution in [0.15, 0.2) is 12.4 Å². The molecule has 1 fully saturated rings. The van der Waals surface area contributed by atoms with Crippen LogP contribution in [0.3, 0.4) is 0 Å². The molecule has 22 heavy (non-hydrogen) atoms. The Bertz CT molecular complexity index is 681. The van der Waals surface area contributed by atoms with Crippen molar-refractivity contribution in [1.82, 2.24) is 19.9 Å². The molecule has 2 aromatic rings. The summed E-state index contributed by atoms with van der Waals surface area (Å²) in [4.78, 5) is 20.0. The minimum absolute atomic E-state index is 0.280. The standard InChI is InChI=1S/C15H18N6O/c16-14-17-8-10(9-18-14)13-11-2-1-3-12(11)19-15(20-13)21-4-6-22-7-5-21/h8-9H,1-7H2,(H2,16,17,18). The van der Waals surface area contributed by atoms with Crippen LogP contribution in [0.25, 0.3) is 11.3 Å². The molecule has 3 heterocycles. The molecule has 7 nitrogen and oxygen atoms in total. The van der Waals surface area contributed by atoms with E-state index in [0.717, 1.165) is 68.5 Å². The maximum Gasteiger partial charge on any atom is 0.226 e. The van der Waals surface area contributed by atoms with E-state index in [9.17, 15) is 0 Å². The van der Waals surface area contributed by atoms with E-state index in [4.69, 9.17) is 20.4 Å². The first-order valence-electron chi connectivity index (χ1n) is 7.61. The van der Waals surface area contributed by atoms with Gasteiger partial charge in [0.05, 0.1) is 18.9 Å². The highest BCUT2D eigenvalue weighted by molar-refractivity contribution is 5.65. The van der Waals surface area contributed by atoms with E-state index in [2.05, 4.69) is 14.9 Å². The summed E-state index contributed by atoms with van der Waals surface area (Å²) in [5, 5.41) is 0. The van der Waals surface area contributed by atoms with Gasteiger partial charge in [0.2, 0.25) is 11.9 Å². The van der Waals surface area contributed by atoms with Gasteiger partial charge in [-0.05, 0) is 19.3 Å². The lowest BCUT2D eigenvalue weighted by Crippen LogP contribution is -2.37. The van der Waals surface area contributed by atoms with Gasteiger partial charge in [-0.25, -0.2) is 19.9 Å². The lowest BCUT2D eigenvalue weighted by atomic mass is 10.1. The second-order valence-electron chi connectivity index (χ2n) is 5.58. The van der Waals surface area contributed by atoms with Crippen molar-refractivity contribution in [2.24, 2.45) is 0 Å². The number of hydrogen-bond donors (Lipinski definition) is 1. The molecule has 0 unspecified atom stereocenters. The molecule has 0 radical (unpaired) electrons. The van der Waals surface area contributed by atoms with Gasteiger partial charge in [0.25, 0.3) is 0 Å². The van der Waals surface area contributed by atoms with Crippen LogP contribution in [0, 0.1) is 0 Å². The fraction of sp³-hybridized carbons (Fsp3) is 0.467. The Labute approximate surface area is 128 Å². The number of anilines is 2. The van der Waals surface area contributed by atoms with Gasteiger partial charge in [-0.1, -0.05) is 0 Å². The summed E-state index contributed by atoms with van der Waals surface area (Å²) in [5.74, 6) is 1.07. The number of nitrogens with two attached hydrogens (primary N) is 1. The molecule has 0 amide bonds. The van der Waals surface area contributed by atoms with Crippen LogP contribution in [-0.2, 0) is 17.6 Å². The molecule has 2 aromatic heterocycles. The van der Waals surface area contributed by atoms with Crippen molar-refractivity contribution in [3.8, 4) is 11.3 Å². The van der Waals surface area contributed by atoms with Gasteiger partial charge in [0.15, 0.2) is 0 Å². The highest BCUT2D eigenvalue weighted by Gasteiger charge is 2.23. The van der Waals surface area contributed by atoms with Gasteiger partial charge >= 0.3 is 0 Å². The zero-order valence-electron chi connectivity index (χ0n) is 12.3. The smallest absolute Gasteiger partial charge is 0.226 e. The monoisotopic (exact) mass is 298 g/mol. The summed E-state index contributed by atoms with van der Waals surface area (Å²) in [6.07, 6.45) is 6.63. The molecule has 1 aliphatic carbocycles. The van der Waals surface area contributed by atoms with Crippen LogP contribution in [-0.4, -0.2) is 46.2 Å². The zero-order chi connectivity index (χ0) is 14.9. The fourth-order valence-electron chi connectivity index (χ4n) is 3.02. The highest BCUT2D eigenvalue weighted by atomic mass is 16.5. The third kappa shape index (κ3) is 2.37. The van der Waals surface area contributed by atoms with Crippen molar-refractivity contribution in [3.05, 3.63) is 23.7 Å². The lowest BCUT2D eigenvalue weighted by Gasteiger charge is -2.27. The summed E-state index contributed by atoms with van der Waals surface area (Å²) in [7, 11) is 0. The number of aryl methyl sites for hydroxylation is 1. The van der Waals surface area contributed by atoms with E-state index in [1.54, 1.807) is 12.4 Å². The summed E-state index contributed by atoms with van der Waals surface area (Å²) < 4.78 is 5.41. The first-order chi connectivity index (χ1) is 10.8. The summed E-state index contributed by atoms with van der Waals surface area (Å²) in [6.45, 7) is 3.11. The molecule has 7 heteroatoms. The number of aromatic nitrogens is 4. The molecule has 0 atom stereocenters. The van der Waals surface area contributed by atoms with Crippen LogP contribution in [0.5, 0.6) is 0 Å². The quantitative estimate of drug-likeness (QED) is 0.878. The molecule has 2 N–H and O–H groups in total. The SMILES string of the molecule is Nc1ncc(-c2nc(N3CCOCC3)nc3c2CCC3)cn1. The van der Waals surface area contributed by atoms with Crippen molar-refractivity contribution in [1.29, 1.82) is 0 Å². The Kier molecular flexibility index (Phi) is 3.34. The number of hydrogen-bond acceptors (Lipinski definition) is 7. The lowest BCUT2D eigenvalue weighted by molar-refractivity contribution is 0.122. The van der Waals surface area contributed by atoms with Crippen molar-refractivity contribution >= 4 is 11.9 Å². The van der Waals surface area contributed by atoms with Crippen LogP contribution in [0.4, 0.5) is 11.9 Å². The zero-order valence-corrected chi connectivity index (χ0v) is 12.3. The number of rotatable bonds is 2. The van der Waals surface area contributed by atoms with Crippen molar-refractivity contribution in [2.75, 3.05) is 36.9 Å². The molecule has 0 bridgehead atoms. The number of nitrogen functional groups attached to an aromatic ring is 1. The van der Waals surface area contributed by atoms with Gasteiger partial charge in [-0.2, -0.15) is 0 Å². The molecular formula is C15H18N6O.